The van der Waals surface area contributed by atoms with Crippen LogP contribution in [-0.2, 0) is 4.79 Å². The molecule has 0 spiro atoms. The van der Waals surface area contributed by atoms with Gasteiger partial charge < -0.3 is 10.2 Å². The van der Waals surface area contributed by atoms with E-state index in [-0.39, 0.29) is 12.5 Å². The van der Waals surface area contributed by atoms with Gasteiger partial charge in [0.05, 0.1) is 17.1 Å². The zero-order chi connectivity index (χ0) is 13.7. The summed E-state index contributed by atoms with van der Waals surface area (Å²) in [4.78, 5) is 13.8. The topological polar surface area (TPSA) is 56.1 Å². The van der Waals surface area contributed by atoms with Crippen molar-refractivity contribution in [1.29, 1.82) is 5.26 Å². The van der Waals surface area contributed by atoms with Gasteiger partial charge in [0.2, 0.25) is 5.91 Å². The molecule has 1 aliphatic rings. The van der Waals surface area contributed by atoms with E-state index in [4.69, 9.17) is 16.9 Å². The molecule has 0 aromatic heterocycles. The minimum Gasteiger partial charge on any atom is -0.376 e. The van der Waals surface area contributed by atoms with Crippen LogP contribution >= 0.6 is 11.6 Å². The number of likely N-dealkylation sites (tertiary alicyclic amines) is 1. The number of nitriles is 1. The Morgan fingerprint density at radius 2 is 2.11 bits per heavy atom. The zero-order valence-electron chi connectivity index (χ0n) is 10.7. The summed E-state index contributed by atoms with van der Waals surface area (Å²) in [5.41, 5.74) is 1.20. The first-order chi connectivity index (χ1) is 9.20. The van der Waals surface area contributed by atoms with E-state index in [0.717, 1.165) is 31.6 Å². The van der Waals surface area contributed by atoms with Crippen molar-refractivity contribution in [3.8, 4) is 6.07 Å². The molecule has 1 aromatic carbocycles. The van der Waals surface area contributed by atoms with E-state index in [1.54, 1.807) is 18.2 Å². The molecule has 5 heteroatoms. The van der Waals surface area contributed by atoms with Gasteiger partial charge in [-0.1, -0.05) is 11.6 Å². The number of nitrogens with one attached hydrogen (secondary N) is 1. The maximum atomic E-state index is 12.0. The van der Waals surface area contributed by atoms with Gasteiger partial charge in [-0.3, -0.25) is 4.79 Å². The predicted octanol–water partition coefficient (Wildman–Crippen LogP) is 2.64. The van der Waals surface area contributed by atoms with Crippen LogP contribution in [0, 0.1) is 11.3 Å². The molecule has 0 atom stereocenters. The number of amides is 1. The largest absolute Gasteiger partial charge is 0.376 e. The van der Waals surface area contributed by atoms with Crippen molar-refractivity contribution in [2.75, 3.05) is 25.0 Å². The van der Waals surface area contributed by atoms with Crippen LogP contribution < -0.4 is 5.32 Å². The smallest absolute Gasteiger partial charge is 0.241 e. The number of anilines is 1. The van der Waals surface area contributed by atoms with Crippen molar-refractivity contribution in [2.45, 2.75) is 19.3 Å². The van der Waals surface area contributed by atoms with Crippen molar-refractivity contribution >= 4 is 23.2 Å². The number of nitrogens with zero attached hydrogens (tertiary/aromatic N) is 2. The molecular formula is C14H16ClN3O. The van der Waals surface area contributed by atoms with Crippen LogP contribution in [0.3, 0.4) is 0 Å². The Morgan fingerprint density at radius 1 is 1.37 bits per heavy atom. The molecule has 1 aliphatic heterocycles. The van der Waals surface area contributed by atoms with Crippen molar-refractivity contribution in [3.63, 3.8) is 0 Å². The molecule has 1 amide bonds. The maximum absolute atomic E-state index is 12.0. The number of piperidine rings is 1. The number of hydrogen-bond acceptors (Lipinski definition) is 3. The summed E-state index contributed by atoms with van der Waals surface area (Å²) in [6.45, 7) is 1.98. The Bertz CT molecular complexity index is 504. The molecule has 100 valence electrons. The Hall–Kier alpha value is -1.73. The average Bonchev–Trinajstić information content (AvgIpc) is 2.46. The molecule has 0 aliphatic carbocycles. The highest BCUT2D eigenvalue weighted by molar-refractivity contribution is 6.32. The minimum absolute atomic E-state index is 0.111. The lowest BCUT2D eigenvalue weighted by Gasteiger charge is -2.26. The zero-order valence-corrected chi connectivity index (χ0v) is 11.4. The standard InChI is InChI=1S/C14H16ClN3O/c15-13-8-12(5-4-11(13)9-16)17-10-14(19)18-6-2-1-3-7-18/h4-5,8,17H,1-3,6-7,10H2. The van der Waals surface area contributed by atoms with Gasteiger partial charge in [0, 0.05) is 18.8 Å². The van der Waals surface area contributed by atoms with Crippen molar-refractivity contribution in [2.24, 2.45) is 0 Å². The molecule has 0 saturated carbocycles. The van der Waals surface area contributed by atoms with E-state index in [2.05, 4.69) is 5.32 Å². The molecule has 1 fully saturated rings. The number of hydrogen-bond donors (Lipinski definition) is 1. The van der Waals surface area contributed by atoms with Crippen LogP contribution in [0.4, 0.5) is 5.69 Å². The molecule has 1 N–H and O–H groups in total. The fourth-order valence-corrected chi connectivity index (χ4v) is 2.37. The van der Waals surface area contributed by atoms with Crippen LogP contribution in [0.1, 0.15) is 24.8 Å². The fraction of sp³-hybridized carbons (Fsp3) is 0.429. The normalized spacial score (nSPS) is 14.8. The first kappa shape index (κ1) is 13.7. The number of carbonyl (C=O) groups excluding carboxylic acids is 1. The van der Waals surface area contributed by atoms with Gasteiger partial charge in [-0.25, -0.2) is 0 Å². The number of benzene rings is 1. The van der Waals surface area contributed by atoms with Gasteiger partial charge in [-0.05, 0) is 37.5 Å². The summed E-state index contributed by atoms with van der Waals surface area (Å²) in [7, 11) is 0. The third-order valence-electron chi connectivity index (χ3n) is 3.24. The van der Waals surface area contributed by atoms with Gasteiger partial charge in [0.25, 0.3) is 0 Å². The monoisotopic (exact) mass is 277 g/mol. The van der Waals surface area contributed by atoms with Crippen LogP contribution in [0.5, 0.6) is 0 Å². The lowest BCUT2D eigenvalue weighted by molar-refractivity contribution is -0.130. The van der Waals surface area contributed by atoms with Crippen LogP contribution in [0.2, 0.25) is 5.02 Å². The summed E-state index contributed by atoms with van der Waals surface area (Å²) < 4.78 is 0. The predicted molar refractivity (Wildman–Crippen MR) is 75.1 cm³/mol. The molecular weight excluding hydrogens is 262 g/mol. The van der Waals surface area contributed by atoms with Gasteiger partial charge in [0.15, 0.2) is 0 Å². The van der Waals surface area contributed by atoms with Crippen molar-refractivity contribution in [3.05, 3.63) is 28.8 Å². The van der Waals surface area contributed by atoms with E-state index in [1.807, 2.05) is 11.0 Å². The summed E-state index contributed by atoms with van der Waals surface area (Å²) in [6, 6.07) is 7.08. The fourth-order valence-electron chi connectivity index (χ4n) is 2.15. The summed E-state index contributed by atoms with van der Waals surface area (Å²) in [5, 5.41) is 12.2. The average molecular weight is 278 g/mol. The van der Waals surface area contributed by atoms with E-state index >= 15 is 0 Å². The maximum Gasteiger partial charge on any atom is 0.241 e. The van der Waals surface area contributed by atoms with E-state index < -0.39 is 0 Å². The second-order valence-electron chi connectivity index (χ2n) is 4.60. The van der Waals surface area contributed by atoms with Crippen molar-refractivity contribution in [1.82, 2.24) is 4.90 Å². The Labute approximate surface area is 118 Å². The van der Waals surface area contributed by atoms with Gasteiger partial charge in [-0.2, -0.15) is 5.26 Å². The molecule has 0 radical (unpaired) electrons. The minimum atomic E-state index is 0.111. The number of rotatable bonds is 3. The van der Waals surface area contributed by atoms with Crippen molar-refractivity contribution < 1.29 is 4.79 Å². The highest BCUT2D eigenvalue weighted by Crippen LogP contribution is 2.20. The third kappa shape index (κ3) is 3.62. The van der Waals surface area contributed by atoms with E-state index in [0.29, 0.717) is 10.6 Å². The van der Waals surface area contributed by atoms with Gasteiger partial charge in [-0.15, -0.1) is 0 Å². The summed E-state index contributed by atoms with van der Waals surface area (Å²) in [6.07, 6.45) is 3.39. The quantitative estimate of drug-likeness (QED) is 0.924. The molecule has 1 saturated heterocycles. The third-order valence-corrected chi connectivity index (χ3v) is 3.55. The Kier molecular flexibility index (Phi) is 4.64. The highest BCUT2D eigenvalue weighted by atomic mass is 35.5. The first-order valence-corrected chi connectivity index (χ1v) is 6.80. The van der Waals surface area contributed by atoms with Gasteiger partial charge >= 0.3 is 0 Å². The Balaban J connectivity index is 1.89. The van der Waals surface area contributed by atoms with E-state index in [9.17, 15) is 4.79 Å². The number of carbonyl (C=O) groups is 1. The highest BCUT2D eigenvalue weighted by Gasteiger charge is 2.15. The SMILES string of the molecule is N#Cc1ccc(NCC(=O)N2CCCCC2)cc1Cl. The molecule has 1 heterocycles. The summed E-state index contributed by atoms with van der Waals surface area (Å²) in [5.74, 6) is 0.111. The van der Waals surface area contributed by atoms with Crippen LogP contribution in [0.25, 0.3) is 0 Å². The molecule has 19 heavy (non-hydrogen) atoms. The van der Waals surface area contributed by atoms with E-state index in [1.165, 1.54) is 6.42 Å². The Morgan fingerprint density at radius 3 is 2.74 bits per heavy atom. The molecule has 0 unspecified atom stereocenters. The molecule has 4 nitrogen and oxygen atoms in total. The lowest BCUT2D eigenvalue weighted by Crippen LogP contribution is -2.39. The first-order valence-electron chi connectivity index (χ1n) is 6.42. The lowest BCUT2D eigenvalue weighted by atomic mass is 10.1. The summed E-state index contributed by atoms with van der Waals surface area (Å²) >= 11 is 5.94. The molecule has 0 bridgehead atoms. The van der Waals surface area contributed by atoms with Gasteiger partial charge in [0.1, 0.15) is 6.07 Å². The molecule has 2 rings (SSSR count). The number of halogens is 1. The molecule has 1 aromatic rings. The van der Waals surface area contributed by atoms with Crippen LogP contribution in [-0.4, -0.2) is 30.4 Å². The second-order valence-corrected chi connectivity index (χ2v) is 5.01. The second kappa shape index (κ2) is 6.44. The van der Waals surface area contributed by atoms with Crippen LogP contribution in [0.15, 0.2) is 18.2 Å².